The Kier molecular flexibility index (Phi) is 5.24. The van der Waals surface area contributed by atoms with E-state index in [0.29, 0.717) is 0 Å². The molecule has 0 radical (unpaired) electrons. The van der Waals surface area contributed by atoms with E-state index < -0.39 is 0 Å². The average Bonchev–Trinajstić information content (AvgIpc) is 2.71. The molecular weight excluding hydrogens is 338 g/mol. The fourth-order valence-electron chi connectivity index (χ4n) is 2.35. The van der Waals surface area contributed by atoms with Crippen LogP contribution in [0.2, 0.25) is 5.02 Å². The summed E-state index contributed by atoms with van der Waals surface area (Å²) in [7, 11) is 1.99. The number of benzene rings is 1. The standard InChI is InChI=1S/C15H19BrClN3/c1-4-18-15(9-12-7-10(2)19-20(12)3)11-5-6-14(17)13(16)8-11/h5-8,15,18H,4,9H2,1-3H3. The van der Waals surface area contributed by atoms with Crippen LogP contribution in [-0.2, 0) is 13.5 Å². The van der Waals surface area contributed by atoms with Gasteiger partial charge in [-0.15, -0.1) is 0 Å². The molecule has 0 spiro atoms. The van der Waals surface area contributed by atoms with Crippen molar-refractivity contribution in [3.63, 3.8) is 0 Å². The van der Waals surface area contributed by atoms with Crippen LogP contribution in [0.4, 0.5) is 0 Å². The summed E-state index contributed by atoms with van der Waals surface area (Å²) in [6.45, 7) is 5.05. The SMILES string of the molecule is CCNC(Cc1cc(C)nn1C)c1ccc(Cl)c(Br)c1. The molecule has 0 saturated carbocycles. The molecule has 0 saturated heterocycles. The van der Waals surface area contributed by atoms with E-state index in [1.165, 1.54) is 11.3 Å². The van der Waals surface area contributed by atoms with Crippen molar-refractivity contribution >= 4 is 27.5 Å². The Morgan fingerprint density at radius 2 is 2.15 bits per heavy atom. The molecule has 1 aromatic carbocycles. The van der Waals surface area contributed by atoms with Crippen LogP contribution >= 0.6 is 27.5 Å². The van der Waals surface area contributed by atoms with Crippen LogP contribution in [0, 0.1) is 6.92 Å². The van der Waals surface area contributed by atoms with Crippen molar-refractivity contribution in [2.24, 2.45) is 7.05 Å². The van der Waals surface area contributed by atoms with Crippen molar-refractivity contribution in [3.05, 3.63) is 50.7 Å². The lowest BCUT2D eigenvalue weighted by Gasteiger charge is -2.19. The Hall–Kier alpha value is -0.840. The van der Waals surface area contributed by atoms with Gasteiger partial charge in [-0.05, 0) is 53.2 Å². The lowest BCUT2D eigenvalue weighted by atomic mass is 10.0. The first kappa shape index (κ1) is 15.5. The van der Waals surface area contributed by atoms with E-state index in [-0.39, 0.29) is 6.04 Å². The van der Waals surface area contributed by atoms with E-state index in [4.69, 9.17) is 11.6 Å². The highest BCUT2D eigenvalue weighted by Gasteiger charge is 2.15. The molecule has 1 N–H and O–H groups in total. The van der Waals surface area contributed by atoms with Crippen LogP contribution in [0.25, 0.3) is 0 Å². The zero-order valence-electron chi connectivity index (χ0n) is 12.0. The van der Waals surface area contributed by atoms with Gasteiger partial charge in [-0.1, -0.05) is 24.6 Å². The number of nitrogens with one attached hydrogen (secondary N) is 1. The van der Waals surface area contributed by atoms with E-state index >= 15 is 0 Å². The third kappa shape index (κ3) is 3.62. The van der Waals surface area contributed by atoms with Gasteiger partial charge in [0.2, 0.25) is 0 Å². The number of hydrogen-bond acceptors (Lipinski definition) is 2. The molecule has 0 fully saturated rings. The highest BCUT2D eigenvalue weighted by Crippen LogP contribution is 2.27. The van der Waals surface area contributed by atoms with Gasteiger partial charge in [0.1, 0.15) is 0 Å². The summed E-state index contributed by atoms with van der Waals surface area (Å²) in [5.41, 5.74) is 3.50. The number of halogens is 2. The zero-order valence-corrected chi connectivity index (χ0v) is 14.3. The second-order valence-electron chi connectivity index (χ2n) is 4.89. The van der Waals surface area contributed by atoms with Crippen molar-refractivity contribution in [1.82, 2.24) is 15.1 Å². The third-order valence-corrected chi connectivity index (χ3v) is 4.52. The fraction of sp³-hybridized carbons (Fsp3) is 0.400. The van der Waals surface area contributed by atoms with Gasteiger partial charge in [-0.25, -0.2) is 0 Å². The molecule has 3 nitrogen and oxygen atoms in total. The number of aryl methyl sites for hydroxylation is 2. The van der Waals surface area contributed by atoms with Crippen molar-refractivity contribution in [1.29, 1.82) is 0 Å². The van der Waals surface area contributed by atoms with E-state index in [9.17, 15) is 0 Å². The van der Waals surface area contributed by atoms with Gasteiger partial charge < -0.3 is 5.32 Å². The molecule has 20 heavy (non-hydrogen) atoms. The normalized spacial score (nSPS) is 12.7. The quantitative estimate of drug-likeness (QED) is 0.876. The molecule has 1 atom stereocenters. The minimum Gasteiger partial charge on any atom is -0.310 e. The summed E-state index contributed by atoms with van der Waals surface area (Å²) < 4.78 is 2.88. The Morgan fingerprint density at radius 1 is 1.40 bits per heavy atom. The molecule has 0 aliphatic heterocycles. The minimum atomic E-state index is 0.253. The van der Waals surface area contributed by atoms with Gasteiger partial charge in [0.15, 0.2) is 0 Å². The molecular formula is C15H19BrClN3. The number of nitrogens with zero attached hydrogens (tertiary/aromatic N) is 2. The van der Waals surface area contributed by atoms with Crippen LogP contribution < -0.4 is 5.32 Å². The predicted octanol–water partition coefficient (Wildman–Crippen LogP) is 4.04. The fourth-order valence-corrected chi connectivity index (χ4v) is 2.86. The molecule has 0 bridgehead atoms. The molecule has 108 valence electrons. The summed E-state index contributed by atoms with van der Waals surface area (Å²) in [6, 6.07) is 8.47. The van der Waals surface area contributed by atoms with Crippen LogP contribution in [0.5, 0.6) is 0 Å². The summed E-state index contributed by atoms with van der Waals surface area (Å²) >= 11 is 9.56. The van der Waals surface area contributed by atoms with Gasteiger partial charge in [0.05, 0.1) is 10.7 Å². The first-order valence-electron chi connectivity index (χ1n) is 6.69. The Labute approximate surface area is 133 Å². The molecule has 0 aliphatic rings. The second-order valence-corrected chi connectivity index (χ2v) is 6.15. The Bertz CT molecular complexity index is 595. The lowest BCUT2D eigenvalue weighted by Crippen LogP contribution is -2.23. The van der Waals surface area contributed by atoms with Crippen molar-refractivity contribution in [2.45, 2.75) is 26.3 Å². The minimum absolute atomic E-state index is 0.253. The summed E-state index contributed by atoms with van der Waals surface area (Å²) in [5.74, 6) is 0. The van der Waals surface area contributed by atoms with Crippen LogP contribution in [0.15, 0.2) is 28.7 Å². The Balaban J connectivity index is 2.26. The van der Waals surface area contributed by atoms with E-state index in [1.807, 2.05) is 24.7 Å². The topological polar surface area (TPSA) is 29.9 Å². The van der Waals surface area contributed by atoms with Crippen LogP contribution in [0.3, 0.4) is 0 Å². The number of aromatic nitrogens is 2. The maximum atomic E-state index is 6.07. The Morgan fingerprint density at radius 3 is 2.70 bits per heavy atom. The van der Waals surface area contributed by atoms with Gasteiger partial charge in [0, 0.05) is 29.7 Å². The molecule has 5 heteroatoms. The van der Waals surface area contributed by atoms with Crippen molar-refractivity contribution in [2.75, 3.05) is 6.54 Å². The third-order valence-electron chi connectivity index (χ3n) is 3.31. The van der Waals surface area contributed by atoms with Crippen molar-refractivity contribution in [3.8, 4) is 0 Å². The van der Waals surface area contributed by atoms with Gasteiger partial charge in [-0.3, -0.25) is 4.68 Å². The molecule has 0 aliphatic carbocycles. The highest BCUT2D eigenvalue weighted by atomic mass is 79.9. The molecule has 2 aromatic rings. The van der Waals surface area contributed by atoms with Crippen LogP contribution in [-0.4, -0.2) is 16.3 Å². The zero-order chi connectivity index (χ0) is 14.7. The predicted molar refractivity (Wildman–Crippen MR) is 87.2 cm³/mol. The molecule has 0 amide bonds. The summed E-state index contributed by atoms with van der Waals surface area (Å²) in [4.78, 5) is 0. The maximum Gasteiger partial charge on any atom is 0.0596 e. The van der Waals surface area contributed by atoms with Crippen molar-refractivity contribution < 1.29 is 0 Å². The van der Waals surface area contributed by atoms with E-state index in [2.05, 4.69) is 51.5 Å². The van der Waals surface area contributed by atoms with Crippen LogP contribution in [0.1, 0.15) is 29.9 Å². The molecule has 1 aromatic heterocycles. The first-order valence-corrected chi connectivity index (χ1v) is 7.86. The molecule has 2 rings (SSSR count). The smallest absolute Gasteiger partial charge is 0.0596 e. The van der Waals surface area contributed by atoms with Gasteiger partial charge in [-0.2, -0.15) is 5.10 Å². The largest absolute Gasteiger partial charge is 0.310 e. The first-order chi connectivity index (χ1) is 9.51. The number of hydrogen-bond donors (Lipinski definition) is 1. The average molecular weight is 357 g/mol. The number of rotatable bonds is 5. The lowest BCUT2D eigenvalue weighted by molar-refractivity contribution is 0.528. The summed E-state index contributed by atoms with van der Waals surface area (Å²) in [5, 5.41) is 8.67. The number of likely N-dealkylation sites (N-methyl/N-ethyl adjacent to an activating group) is 1. The maximum absolute atomic E-state index is 6.07. The highest BCUT2D eigenvalue weighted by molar-refractivity contribution is 9.10. The summed E-state index contributed by atoms with van der Waals surface area (Å²) in [6.07, 6.45) is 0.902. The molecule has 1 heterocycles. The van der Waals surface area contributed by atoms with E-state index in [1.54, 1.807) is 0 Å². The van der Waals surface area contributed by atoms with Gasteiger partial charge >= 0.3 is 0 Å². The van der Waals surface area contributed by atoms with E-state index in [0.717, 1.165) is 28.2 Å². The monoisotopic (exact) mass is 355 g/mol. The van der Waals surface area contributed by atoms with Gasteiger partial charge in [0.25, 0.3) is 0 Å². The molecule has 1 unspecified atom stereocenters. The second kappa shape index (κ2) is 6.74.